The number of hydrogen-bond donors (Lipinski definition) is 1. The first-order valence-corrected chi connectivity index (χ1v) is 8.30. The summed E-state index contributed by atoms with van der Waals surface area (Å²) in [6.07, 6.45) is 3.03. The molecule has 0 amide bonds. The number of nitrogens with zero attached hydrogens (tertiary/aromatic N) is 2. The molecule has 7 heteroatoms. The summed E-state index contributed by atoms with van der Waals surface area (Å²) >= 11 is 0. The number of benzene rings is 1. The van der Waals surface area contributed by atoms with Crippen LogP contribution in [-0.2, 0) is 11.3 Å². The molecule has 2 aliphatic rings. The van der Waals surface area contributed by atoms with Gasteiger partial charge in [0, 0.05) is 38.3 Å². The first-order chi connectivity index (χ1) is 12.2. The van der Waals surface area contributed by atoms with Gasteiger partial charge in [-0.1, -0.05) is 6.07 Å². The molecule has 2 aromatic rings. The van der Waals surface area contributed by atoms with E-state index in [1.807, 2.05) is 23.1 Å². The fourth-order valence-electron chi connectivity index (χ4n) is 3.42. The Kier molecular flexibility index (Phi) is 4.33. The molecular formula is C18H20N2O5. The molecule has 0 bridgehead atoms. The molecule has 1 saturated heterocycles. The van der Waals surface area contributed by atoms with Gasteiger partial charge in [0.05, 0.1) is 12.5 Å². The molecule has 0 saturated carbocycles. The van der Waals surface area contributed by atoms with Gasteiger partial charge in [0.2, 0.25) is 6.79 Å². The number of ether oxygens (including phenoxy) is 2. The Morgan fingerprint density at radius 2 is 1.92 bits per heavy atom. The lowest BCUT2D eigenvalue weighted by atomic mass is 10.1. The molecule has 132 valence electrons. The first-order valence-electron chi connectivity index (χ1n) is 8.30. The van der Waals surface area contributed by atoms with Gasteiger partial charge in [-0.2, -0.15) is 0 Å². The Morgan fingerprint density at radius 1 is 1.12 bits per heavy atom. The summed E-state index contributed by atoms with van der Waals surface area (Å²) in [5.74, 6) is 0.741. The molecule has 7 nitrogen and oxygen atoms in total. The van der Waals surface area contributed by atoms with Crippen LogP contribution in [0.3, 0.4) is 0 Å². The van der Waals surface area contributed by atoms with E-state index in [0.717, 1.165) is 31.1 Å². The normalized spacial score (nSPS) is 19.0. The maximum atomic E-state index is 11.7. The van der Waals surface area contributed by atoms with Crippen molar-refractivity contribution < 1.29 is 23.8 Å². The standard InChI is InChI=1S/C18H20N2O5/c21-18(22)17(14-3-8-23-11-14)20-6-4-19(5-7-20)10-13-1-2-15-16(9-13)25-12-24-15/h1-3,8-9,11,17H,4-7,10,12H2,(H,21,22). The molecule has 25 heavy (non-hydrogen) atoms. The van der Waals surface area contributed by atoms with Crippen LogP contribution in [0.5, 0.6) is 11.5 Å². The van der Waals surface area contributed by atoms with Crippen LogP contribution in [0.1, 0.15) is 17.2 Å². The average molecular weight is 344 g/mol. The van der Waals surface area contributed by atoms with Gasteiger partial charge in [-0.3, -0.25) is 14.6 Å². The zero-order chi connectivity index (χ0) is 17.2. The van der Waals surface area contributed by atoms with Crippen LogP contribution in [0.25, 0.3) is 0 Å². The van der Waals surface area contributed by atoms with Gasteiger partial charge in [-0.15, -0.1) is 0 Å². The number of hydrogen-bond acceptors (Lipinski definition) is 6. The molecule has 0 radical (unpaired) electrons. The van der Waals surface area contributed by atoms with E-state index >= 15 is 0 Å². The van der Waals surface area contributed by atoms with E-state index in [2.05, 4.69) is 4.90 Å². The number of carboxylic acid groups (broad SMARTS) is 1. The monoisotopic (exact) mass is 344 g/mol. The predicted molar refractivity (Wildman–Crippen MR) is 88.5 cm³/mol. The largest absolute Gasteiger partial charge is 0.480 e. The second kappa shape index (κ2) is 6.78. The number of carboxylic acids is 1. The summed E-state index contributed by atoms with van der Waals surface area (Å²) in [5, 5.41) is 9.57. The number of furan rings is 1. The Hall–Kier alpha value is -2.51. The highest BCUT2D eigenvalue weighted by Crippen LogP contribution is 2.33. The molecule has 1 aromatic carbocycles. The minimum Gasteiger partial charge on any atom is -0.480 e. The highest BCUT2D eigenvalue weighted by atomic mass is 16.7. The molecule has 0 aliphatic carbocycles. The number of carbonyl (C=O) groups is 1. The van der Waals surface area contributed by atoms with Crippen molar-refractivity contribution in [3.05, 3.63) is 47.9 Å². The summed E-state index contributed by atoms with van der Waals surface area (Å²) < 4.78 is 15.8. The number of rotatable bonds is 5. The van der Waals surface area contributed by atoms with Crippen molar-refractivity contribution >= 4 is 5.97 Å². The average Bonchev–Trinajstić information content (AvgIpc) is 3.27. The lowest BCUT2D eigenvalue weighted by molar-refractivity contribution is -0.144. The van der Waals surface area contributed by atoms with E-state index in [9.17, 15) is 9.90 Å². The molecule has 1 fully saturated rings. The van der Waals surface area contributed by atoms with Crippen LogP contribution in [0, 0.1) is 0 Å². The Balaban J connectivity index is 1.37. The van der Waals surface area contributed by atoms with Gasteiger partial charge in [0.25, 0.3) is 0 Å². The summed E-state index contributed by atoms with van der Waals surface area (Å²) in [4.78, 5) is 16.0. The van der Waals surface area contributed by atoms with Crippen molar-refractivity contribution in [2.45, 2.75) is 12.6 Å². The second-order valence-corrected chi connectivity index (χ2v) is 6.30. The summed E-state index contributed by atoms with van der Waals surface area (Å²) in [6.45, 7) is 4.13. The third kappa shape index (κ3) is 3.33. The first kappa shape index (κ1) is 16.0. The van der Waals surface area contributed by atoms with Crippen LogP contribution in [-0.4, -0.2) is 53.8 Å². The molecule has 4 rings (SSSR count). The summed E-state index contributed by atoms with van der Waals surface area (Å²) in [5.41, 5.74) is 1.86. The highest BCUT2D eigenvalue weighted by molar-refractivity contribution is 5.75. The zero-order valence-electron chi connectivity index (χ0n) is 13.8. The van der Waals surface area contributed by atoms with E-state index in [-0.39, 0.29) is 6.79 Å². The minimum atomic E-state index is -0.842. The zero-order valence-corrected chi connectivity index (χ0v) is 13.8. The van der Waals surface area contributed by atoms with Crippen molar-refractivity contribution in [1.82, 2.24) is 9.80 Å². The van der Waals surface area contributed by atoms with Gasteiger partial charge in [0.1, 0.15) is 6.04 Å². The van der Waals surface area contributed by atoms with Crippen molar-refractivity contribution in [1.29, 1.82) is 0 Å². The van der Waals surface area contributed by atoms with Gasteiger partial charge < -0.3 is 19.0 Å². The van der Waals surface area contributed by atoms with Gasteiger partial charge in [-0.05, 0) is 23.8 Å². The molecule has 2 aliphatic heterocycles. The topological polar surface area (TPSA) is 75.4 Å². The molecule has 1 atom stereocenters. The lowest BCUT2D eigenvalue weighted by Crippen LogP contribution is -2.48. The maximum Gasteiger partial charge on any atom is 0.325 e. The van der Waals surface area contributed by atoms with Crippen molar-refractivity contribution in [2.75, 3.05) is 33.0 Å². The Morgan fingerprint density at radius 3 is 2.64 bits per heavy atom. The predicted octanol–water partition coefficient (Wildman–Crippen LogP) is 1.95. The van der Waals surface area contributed by atoms with Crippen molar-refractivity contribution in [3.63, 3.8) is 0 Å². The van der Waals surface area contributed by atoms with E-state index in [4.69, 9.17) is 13.9 Å². The second-order valence-electron chi connectivity index (χ2n) is 6.30. The fourth-order valence-corrected chi connectivity index (χ4v) is 3.42. The summed E-state index contributed by atoms with van der Waals surface area (Å²) in [7, 11) is 0. The van der Waals surface area contributed by atoms with E-state index in [1.54, 1.807) is 6.07 Å². The Bertz CT molecular complexity index is 738. The van der Waals surface area contributed by atoms with Crippen LogP contribution in [0.2, 0.25) is 0 Å². The number of fused-ring (bicyclic) bond motifs is 1. The van der Waals surface area contributed by atoms with Gasteiger partial charge >= 0.3 is 5.97 Å². The lowest BCUT2D eigenvalue weighted by Gasteiger charge is -2.37. The third-order valence-electron chi connectivity index (χ3n) is 4.71. The summed E-state index contributed by atoms with van der Waals surface area (Å²) in [6, 6.07) is 7.07. The molecule has 3 heterocycles. The van der Waals surface area contributed by atoms with Crippen molar-refractivity contribution in [3.8, 4) is 11.5 Å². The van der Waals surface area contributed by atoms with E-state index in [1.165, 1.54) is 18.1 Å². The van der Waals surface area contributed by atoms with Gasteiger partial charge in [0.15, 0.2) is 11.5 Å². The van der Waals surface area contributed by atoms with E-state index in [0.29, 0.717) is 18.7 Å². The molecule has 1 unspecified atom stereocenters. The molecule has 1 aromatic heterocycles. The number of piperazine rings is 1. The SMILES string of the molecule is O=C(O)C(c1ccoc1)N1CCN(Cc2ccc3c(c2)OCO3)CC1. The van der Waals surface area contributed by atoms with Crippen LogP contribution >= 0.6 is 0 Å². The number of aliphatic carboxylic acids is 1. The van der Waals surface area contributed by atoms with E-state index < -0.39 is 12.0 Å². The smallest absolute Gasteiger partial charge is 0.325 e. The molecule has 0 spiro atoms. The van der Waals surface area contributed by atoms with Crippen LogP contribution < -0.4 is 9.47 Å². The van der Waals surface area contributed by atoms with Crippen molar-refractivity contribution in [2.24, 2.45) is 0 Å². The maximum absolute atomic E-state index is 11.7. The van der Waals surface area contributed by atoms with Crippen LogP contribution in [0.15, 0.2) is 41.2 Å². The third-order valence-corrected chi connectivity index (χ3v) is 4.71. The Labute approximate surface area is 145 Å². The molecule has 1 N–H and O–H groups in total. The molecular weight excluding hydrogens is 324 g/mol. The quantitative estimate of drug-likeness (QED) is 0.888. The van der Waals surface area contributed by atoms with Crippen LogP contribution in [0.4, 0.5) is 0 Å². The fraction of sp³-hybridized carbons (Fsp3) is 0.389. The van der Waals surface area contributed by atoms with Gasteiger partial charge in [-0.25, -0.2) is 0 Å². The minimum absolute atomic E-state index is 0.280. The highest BCUT2D eigenvalue weighted by Gasteiger charge is 2.31.